The lowest BCUT2D eigenvalue weighted by Crippen LogP contribution is -2.57. The summed E-state index contributed by atoms with van der Waals surface area (Å²) >= 11 is 0. The summed E-state index contributed by atoms with van der Waals surface area (Å²) in [6, 6.07) is 1.07. The molecule has 1 aliphatic heterocycles. The van der Waals surface area contributed by atoms with E-state index in [0.29, 0.717) is 12.1 Å². The molecule has 2 N–H and O–H groups in total. The van der Waals surface area contributed by atoms with Gasteiger partial charge in [0.2, 0.25) is 0 Å². The molecule has 0 bridgehead atoms. The first kappa shape index (κ1) is 11.0. The third kappa shape index (κ3) is 3.63. The summed E-state index contributed by atoms with van der Waals surface area (Å²) in [5, 5.41) is 13.1. The van der Waals surface area contributed by atoms with E-state index in [2.05, 4.69) is 24.1 Å². The number of hydrogen-bond acceptors (Lipinski definition) is 3. The Balaban J connectivity index is 2.47. The molecule has 0 aliphatic carbocycles. The predicted molar refractivity (Wildman–Crippen MR) is 54.8 cm³/mol. The average Bonchev–Trinajstić information content (AvgIpc) is 1.94. The molecular weight excluding hydrogens is 164 g/mol. The fourth-order valence-electron chi connectivity index (χ4n) is 1.81. The van der Waals surface area contributed by atoms with Gasteiger partial charge in [-0.25, -0.2) is 0 Å². The van der Waals surface area contributed by atoms with Gasteiger partial charge in [-0.3, -0.25) is 4.90 Å². The van der Waals surface area contributed by atoms with Gasteiger partial charge in [0.25, 0.3) is 0 Å². The molecule has 1 fully saturated rings. The topological polar surface area (TPSA) is 35.5 Å². The zero-order valence-electron chi connectivity index (χ0n) is 9.17. The number of β-amino-alcohol motifs (C(OH)–C–C–N with tert-alkyl or cyclic N) is 1. The minimum absolute atomic E-state index is 0.530. The highest BCUT2D eigenvalue weighted by Gasteiger charge is 2.26. The van der Waals surface area contributed by atoms with Crippen LogP contribution in [0, 0.1) is 0 Å². The van der Waals surface area contributed by atoms with Crippen LogP contribution in [0.5, 0.6) is 0 Å². The summed E-state index contributed by atoms with van der Waals surface area (Å²) < 4.78 is 0. The van der Waals surface area contributed by atoms with Crippen molar-refractivity contribution in [3.63, 3.8) is 0 Å². The Hall–Kier alpha value is -0.120. The first-order valence-electron chi connectivity index (χ1n) is 5.08. The van der Waals surface area contributed by atoms with E-state index in [9.17, 15) is 5.11 Å². The molecule has 3 heteroatoms. The summed E-state index contributed by atoms with van der Waals surface area (Å²) in [5.74, 6) is 0. The lowest BCUT2D eigenvalue weighted by Gasteiger charge is -2.40. The number of hydrogen-bond donors (Lipinski definition) is 2. The zero-order valence-corrected chi connectivity index (χ0v) is 9.17. The van der Waals surface area contributed by atoms with Crippen LogP contribution >= 0.6 is 0 Å². The lowest BCUT2D eigenvalue weighted by molar-refractivity contribution is 0.0110. The molecular formula is C10H22N2O. The molecule has 1 heterocycles. The average molecular weight is 186 g/mol. The van der Waals surface area contributed by atoms with Crippen LogP contribution in [0.25, 0.3) is 0 Å². The molecule has 0 aromatic carbocycles. The maximum atomic E-state index is 9.71. The summed E-state index contributed by atoms with van der Waals surface area (Å²) in [6.07, 6.45) is 0. The molecule has 0 spiro atoms. The van der Waals surface area contributed by atoms with E-state index in [0.717, 1.165) is 19.6 Å². The van der Waals surface area contributed by atoms with E-state index in [4.69, 9.17) is 0 Å². The van der Waals surface area contributed by atoms with Crippen molar-refractivity contribution in [3.05, 3.63) is 0 Å². The number of rotatable bonds is 2. The number of piperazine rings is 1. The van der Waals surface area contributed by atoms with E-state index in [1.807, 2.05) is 13.8 Å². The second-order valence-electron chi connectivity index (χ2n) is 4.90. The maximum absolute atomic E-state index is 9.71. The molecule has 1 saturated heterocycles. The molecule has 2 unspecified atom stereocenters. The minimum Gasteiger partial charge on any atom is -0.389 e. The second kappa shape index (κ2) is 3.95. The Morgan fingerprint density at radius 3 is 2.62 bits per heavy atom. The van der Waals surface area contributed by atoms with Gasteiger partial charge in [-0.1, -0.05) is 0 Å². The van der Waals surface area contributed by atoms with Gasteiger partial charge in [0, 0.05) is 31.7 Å². The SMILES string of the molecule is CC1CN(CC(C)(C)O)C(C)CN1. The van der Waals surface area contributed by atoms with Crippen molar-refractivity contribution in [1.82, 2.24) is 10.2 Å². The summed E-state index contributed by atoms with van der Waals surface area (Å²) in [6.45, 7) is 10.9. The van der Waals surface area contributed by atoms with Gasteiger partial charge in [-0.15, -0.1) is 0 Å². The number of nitrogens with zero attached hydrogens (tertiary/aromatic N) is 1. The van der Waals surface area contributed by atoms with Crippen molar-refractivity contribution >= 4 is 0 Å². The Bertz CT molecular complexity index is 165. The van der Waals surface area contributed by atoms with Crippen LogP contribution in [0.15, 0.2) is 0 Å². The molecule has 2 atom stereocenters. The fraction of sp³-hybridized carbons (Fsp3) is 1.00. The predicted octanol–water partition coefficient (Wildman–Crippen LogP) is 0.439. The van der Waals surface area contributed by atoms with E-state index >= 15 is 0 Å². The van der Waals surface area contributed by atoms with Crippen molar-refractivity contribution in [2.45, 2.75) is 45.4 Å². The summed E-state index contributed by atoms with van der Waals surface area (Å²) in [4.78, 5) is 2.35. The minimum atomic E-state index is -0.578. The van der Waals surface area contributed by atoms with Crippen LogP contribution < -0.4 is 5.32 Å². The van der Waals surface area contributed by atoms with Gasteiger partial charge in [-0.05, 0) is 27.7 Å². The first-order valence-corrected chi connectivity index (χ1v) is 5.08. The highest BCUT2D eigenvalue weighted by atomic mass is 16.3. The molecule has 78 valence electrons. The maximum Gasteiger partial charge on any atom is 0.0718 e. The van der Waals surface area contributed by atoms with Crippen LogP contribution in [0.1, 0.15) is 27.7 Å². The van der Waals surface area contributed by atoms with Gasteiger partial charge in [0.05, 0.1) is 5.60 Å². The van der Waals surface area contributed by atoms with Gasteiger partial charge in [-0.2, -0.15) is 0 Å². The van der Waals surface area contributed by atoms with Crippen LogP contribution in [-0.2, 0) is 0 Å². The van der Waals surface area contributed by atoms with E-state index in [1.165, 1.54) is 0 Å². The second-order valence-corrected chi connectivity index (χ2v) is 4.90. The van der Waals surface area contributed by atoms with Crippen LogP contribution in [-0.4, -0.2) is 47.3 Å². The molecule has 3 nitrogen and oxygen atoms in total. The molecule has 0 amide bonds. The van der Waals surface area contributed by atoms with Gasteiger partial charge in [0.15, 0.2) is 0 Å². The summed E-state index contributed by atoms with van der Waals surface area (Å²) in [7, 11) is 0. The highest BCUT2D eigenvalue weighted by molar-refractivity contribution is 4.84. The number of aliphatic hydroxyl groups is 1. The van der Waals surface area contributed by atoms with Crippen molar-refractivity contribution in [2.24, 2.45) is 0 Å². The molecule has 1 aliphatic rings. The molecule has 13 heavy (non-hydrogen) atoms. The van der Waals surface area contributed by atoms with E-state index < -0.39 is 5.60 Å². The Labute approximate surface area is 81.1 Å². The Kier molecular flexibility index (Phi) is 3.33. The van der Waals surface area contributed by atoms with E-state index in [-0.39, 0.29) is 0 Å². The molecule has 0 saturated carbocycles. The molecule has 0 radical (unpaired) electrons. The van der Waals surface area contributed by atoms with Crippen LogP contribution in [0.4, 0.5) is 0 Å². The normalized spacial score (nSPS) is 32.1. The molecule has 0 aromatic rings. The Morgan fingerprint density at radius 1 is 1.46 bits per heavy atom. The fourth-order valence-corrected chi connectivity index (χ4v) is 1.81. The zero-order chi connectivity index (χ0) is 10.1. The van der Waals surface area contributed by atoms with Crippen LogP contribution in [0.2, 0.25) is 0 Å². The smallest absolute Gasteiger partial charge is 0.0718 e. The lowest BCUT2D eigenvalue weighted by atomic mass is 10.1. The monoisotopic (exact) mass is 186 g/mol. The van der Waals surface area contributed by atoms with Crippen LogP contribution in [0.3, 0.4) is 0 Å². The van der Waals surface area contributed by atoms with Gasteiger partial charge >= 0.3 is 0 Å². The third-order valence-corrected chi connectivity index (χ3v) is 2.48. The highest BCUT2D eigenvalue weighted by Crippen LogP contribution is 2.11. The quantitative estimate of drug-likeness (QED) is 0.657. The van der Waals surface area contributed by atoms with Crippen molar-refractivity contribution in [1.29, 1.82) is 0 Å². The third-order valence-electron chi connectivity index (χ3n) is 2.48. The standard InChI is InChI=1S/C10H22N2O/c1-8-6-12(7-10(3,4)13)9(2)5-11-8/h8-9,11,13H,5-7H2,1-4H3. The Morgan fingerprint density at radius 2 is 2.08 bits per heavy atom. The molecule has 1 rings (SSSR count). The van der Waals surface area contributed by atoms with Gasteiger partial charge in [0.1, 0.15) is 0 Å². The van der Waals surface area contributed by atoms with Crippen molar-refractivity contribution < 1.29 is 5.11 Å². The largest absolute Gasteiger partial charge is 0.389 e. The molecule has 0 aromatic heterocycles. The van der Waals surface area contributed by atoms with Crippen molar-refractivity contribution in [3.8, 4) is 0 Å². The van der Waals surface area contributed by atoms with Gasteiger partial charge < -0.3 is 10.4 Å². The number of nitrogens with one attached hydrogen (secondary N) is 1. The summed E-state index contributed by atoms with van der Waals surface area (Å²) in [5.41, 5.74) is -0.578. The first-order chi connectivity index (χ1) is 5.88. The van der Waals surface area contributed by atoms with Crippen molar-refractivity contribution in [2.75, 3.05) is 19.6 Å². The van der Waals surface area contributed by atoms with E-state index in [1.54, 1.807) is 0 Å².